The molecule has 2 amide bonds. The van der Waals surface area contributed by atoms with Crippen molar-refractivity contribution in [2.45, 2.75) is 38.6 Å². The van der Waals surface area contributed by atoms with E-state index in [9.17, 15) is 9.59 Å². The van der Waals surface area contributed by atoms with Crippen molar-refractivity contribution in [3.63, 3.8) is 0 Å². The molecule has 0 aromatic heterocycles. The van der Waals surface area contributed by atoms with E-state index in [2.05, 4.69) is 16.3 Å². The smallest absolute Gasteiger partial charge is 0.226 e. The van der Waals surface area contributed by atoms with Gasteiger partial charge in [-0.1, -0.05) is 36.4 Å². The van der Waals surface area contributed by atoms with Crippen molar-refractivity contribution in [1.82, 2.24) is 4.90 Å². The fourth-order valence-corrected chi connectivity index (χ4v) is 4.28. The van der Waals surface area contributed by atoms with Crippen molar-refractivity contribution < 1.29 is 9.59 Å². The molecular formula is C24H27N3O2. The lowest BCUT2D eigenvalue weighted by atomic mass is 9.93. The molecule has 1 fully saturated rings. The summed E-state index contributed by atoms with van der Waals surface area (Å²) in [7, 11) is 0. The minimum atomic E-state index is -0.296. The van der Waals surface area contributed by atoms with Crippen LogP contribution < -0.4 is 10.2 Å². The van der Waals surface area contributed by atoms with Gasteiger partial charge in [0.1, 0.15) is 0 Å². The third-order valence-corrected chi connectivity index (χ3v) is 5.72. The van der Waals surface area contributed by atoms with E-state index in [4.69, 9.17) is 0 Å². The topological polar surface area (TPSA) is 52.7 Å². The highest BCUT2D eigenvalue weighted by Gasteiger charge is 2.28. The van der Waals surface area contributed by atoms with E-state index >= 15 is 0 Å². The number of para-hydroxylation sites is 2. The van der Waals surface area contributed by atoms with Crippen LogP contribution in [0.3, 0.4) is 0 Å². The van der Waals surface area contributed by atoms with Crippen molar-refractivity contribution in [2.75, 3.05) is 23.3 Å². The molecule has 0 radical (unpaired) electrons. The first kappa shape index (κ1) is 19.2. The van der Waals surface area contributed by atoms with Crippen LogP contribution in [-0.2, 0) is 9.59 Å². The van der Waals surface area contributed by atoms with Crippen LogP contribution in [0.5, 0.6) is 0 Å². The Labute approximate surface area is 172 Å². The zero-order valence-corrected chi connectivity index (χ0v) is 16.8. The Morgan fingerprint density at radius 3 is 2.52 bits per heavy atom. The van der Waals surface area contributed by atoms with Gasteiger partial charge in [-0.05, 0) is 48.6 Å². The summed E-state index contributed by atoms with van der Waals surface area (Å²) in [6.07, 6.45) is 7.55. The minimum absolute atomic E-state index is 0.0673. The van der Waals surface area contributed by atoms with Gasteiger partial charge in [-0.15, -0.1) is 0 Å². The van der Waals surface area contributed by atoms with Gasteiger partial charge in [0.2, 0.25) is 11.8 Å². The van der Waals surface area contributed by atoms with Crippen molar-refractivity contribution >= 4 is 29.3 Å². The first-order chi connectivity index (χ1) is 14.1. The molecule has 1 saturated heterocycles. The first-order valence-electron chi connectivity index (χ1n) is 10.3. The Balaban J connectivity index is 1.54. The van der Waals surface area contributed by atoms with Crippen LogP contribution in [0.2, 0.25) is 0 Å². The third-order valence-electron chi connectivity index (χ3n) is 5.72. The molecule has 2 aliphatic rings. The molecular weight excluding hydrogens is 362 g/mol. The summed E-state index contributed by atoms with van der Waals surface area (Å²) in [4.78, 5) is 29.2. The lowest BCUT2D eigenvalue weighted by Gasteiger charge is -2.33. The van der Waals surface area contributed by atoms with Crippen LogP contribution in [-0.4, -0.2) is 29.8 Å². The molecule has 1 atom stereocenters. The fraction of sp³-hybridized carbons (Fsp3) is 0.333. The Kier molecular flexibility index (Phi) is 5.65. The van der Waals surface area contributed by atoms with Gasteiger partial charge in [-0.25, -0.2) is 0 Å². The Bertz CT molecular complexity index is 931. The number of benzene rings is 2. The van der Waals surface area contributed by atoms with Crippen LogP contribution in [0, 0.1) is 0 Å². The van der Waals surface area contributed by atoms with Crippen molar-refractivity contribution in [3.05, 3.63) is 65.9 Å². The second-order valence-electron chi connectivity index (χ2n) is 7.70. The monoisotopic (exact) mass is 389 g/mol. The summed E-state index contributed by atoms with van der Waals surface area (Å²) in [6, 6.07) is 15.6. The molecule has 1 unspecified atom stereocenters. The summed E-state index contributed by atoms with van der Waals surface area (Å²) >= 11 is 0. The Hall–Kier alpha value is -3.08. The maximum atomic E-state index is 13.0. The fourth-order valence-electron chi connectivity index (χ4n) is 4.28. The molecule has 0 saturated carbocycles. The number of hydrogen-bond acceptors (Lipinski definition) is 3. The highest BCUT2D eigenvalue weighted by molar-refractivity contribution is 5.95. The third kappa shape index (κ3) is 4.19. The number of carbonyl (C=O) groups excluding carboxylic acids is 2. The summed E-state index contributed by atoms with van der Waals surface area (Å²) in [5.41, 5.74) is 3.97. The van der Waals surface area contributed by atoms with Gasteiger partial charge in [0.15, 0.2) is 0 Å². The van der Waals surface area contributed by atoms with Gasteiger partial charge in [0.25, 0.3) is 0 Å². The van der Waals surface area contributed by atoms with E-state index in [-0.39, 0.29) is 24.3 Å². The predicted octanol–water partition coefficient (Wildman–Crippen LogP) is 4.58. The Morgan fingerprint density at radius 1 is 1.00 bits per heavy atom. The van der Waals surface area contributed by atoms with E-state index in [1.165, 1.54) is 26.2 Å². The molecule has 2 heterocycles. The Morgan fingerprint density at radius 2 is 1.72 bits per heavy atom. The average molecular weight is 389 g/mol. The van der Waals surface area contributed by atoms with Gasteiger partial charge in [0.05, 0.1) is 23.8 Å². The number of fused-ring (bicyclic) bond motifs is 1. The lowest BCUT2D eigenvalue weighted by Crippen LogP contribution is -2.34. The number of hydrogen-bond donors (Lipinski definition) is 1. The molecule has 0 bridgehead atoms. The molecule has 0 spiro atoms. The molecule has 2 aromatic rings. The molecule has 29 heavy (non-hydrogen) atoms. The highest BCUT2D eigenvalue weighted by Crippen LogP contribution is 2.34. The van der Waals surface area contributed by atoms with Crippen molar-refractivity contribution in [2.24, 2.45) is 0 Å². The molecule has 2 aromatic carbocycles. The molecule has 5 nitrogen and oxygen atoms in total. The molecule has 150 valence electrons. The first-order valence-corrected chi connectivity index (χ1v) is 10.3. The maximum absolute atomic E-state index is 13.0. The molecule has 5 heteroatoms. The summed E-state index contributed by atoms with van der Waals surface area (Å²) in [6.45, 7) is 3.58. The number of amides is 2. The highest BCUT2D eigenvalue weighted by atomic mass is 16.2. The maximum Gasteiger partial charge on any atom is 0.226 e. The number of rotatable bonds is 4. The van der Waals surface area contributed by atoms with E-state index < -0.39 is 0 Å². The quantitative estimate of drug-likeness (QED) is 0.833. The van der Waals surface area contributed by atoms with Crippen molar-refractivity contribution in [3.8, 4) is 0 Å². The second kappa shape index (κ2) is 8.52. The van der Waals surface area contributed by atoms with Crippen molar-refractivity contribution in [1.29, 1.82) is 0 Å². The van der Waals surface area contributed by atoms with Gasteiger partial charge >= 0.3 is 0 Å². The van der Waals surface area contributed by atoms with Crippen LogP contribution >= 0.6 is 0 Å². The molecule has 1 N–H and O–H groups in total. The van der Waals surface area contributed by atoms with E-state index in [0.29, 0.717) is 0 Å². The van der Waals surface area contributed by atoms with Gasteiger partial charge in [-0.2, -0.15) is 0 Å². The van der Waals surface area contributed by atoms with Crippen LogP contribution in [0.15, 0.2) is 54.7 Å². The lowest BCUT2D eigenvalue weighted by molar-refractivity contribution is -0.129. The average Bonchev–Trinajstić information content (AvgIpc) is 2.75. The largest absolute Gasteiger partial charge is 0.370 e. The molecule has 2 aliphatic heterocycles. The van der Waals surface area contributed by atoms with E-state index in [0.717, 1.165) is 35.6 Å². The van der Waals surface area contributed by atoms with E-state index in [1.54, 1.807) is 11.1 Å². The summed E-state index contributed by atoms with van der Waals surface area (Å²) in [5.74, 6) is -0.155. The number of nitrogens with zero attached hydrogens (tertiary/aromatic N) is 2. The minimum Gasteiger partial charge on any atom is -0.370 e. The summed E-state index contributed by atoms with van der Waals surface area (Å²) in [5, 5.41) is 3.10. The zero-order chi connectivity index (χ0) is 20.2. The number of piperidine rings is 1. The van der Waals surface area contributed by atoms with Gasteiger partial charge in [0, 0.05) is 26.2 Å². The van der Waals surface area contributed by atoms with Crippen LogP contribution in [0.1, 0.15) is 49.8 Å². The number of nitrogens with one attached hydrogen (secondary N) is 1. The standard InChI is InChI=1S/C24H27N3O2/c1-18(28)27-16-13-19-9-3-4-10-20(19)23(27)17-24(29)25-21-11-5-6-12-22(21)26-14-7-2-8-15-26/h3-6,9-13,16,23H,2,7-8,14-15,17H2,1H3,(H,25,29). The number of carbonyl (C=O) groups is 2. The predicted molar refractivity (Wildman–Crippen MR) is 116 cm³/mol. The normalized spacial score (nSPS) is 18.3. The van der Waals surface area contributed by atoms with Crippen LogP contribution in [0.4, 0.5) is 11.4 Å². The van der Waals surface area contributed by atoms with E-state index in [1.807, 2.05) is 48.5 Å². The summed E-state index contributed by atoms with van der Waals surface area (Å²) < 4.78 is 0. The van der Waals surface area contributed by atoms with Gasteiger partial charge in [-0.3, -0.25) is 9.59 Å². The molecule has 0 aliphatic carbocycles. The second-order valence-corrected chi connectivity index (χ2v) is 7.70. The van der Waals surface area contributed by atoms with Gasteiger partial charge < -0.3 is 15.1 Å². The number of anilines is 2. The SMILES string of the molecule is CC(=O)N1C=Cc2ccccc2C1CC(=O)Nc1ccccc1N1CCCCC1. The van der Waals surface area contributed by atoms with Crippen LogP contribution in [0.25, 0.3) is 6.08 Å². The zero-order valence-electron chi connectivity index (χ0n) is 16.8. The molecule has 4 rings (SSSR count).